The molecule has 0 radical (unpaired) electrons. The monoisotopic (exact) mass is 331 g/mol. The van der Waals surface area contributed by atoms with Gasteiger partial charge in [-0.05, 0) is 37.0 Å². The van der Waals surface area contributed by atoms with Crippen molar-refractivity contribution in [3.05, 3.63) is 29.3 Å². The second-order valence-electron chi connectivity index (χ2n) is 7.20. The number of amides is 1. The lowest BCUT2D eigenvalue weighted by molar-refractivity contribution is -0.143. The van der Waals surface area contributed by atoms with Crippen molar-refractivity contribution in [2.24, 2.45) is 5.92 Å². The molecule has 1 aromatic carbocycles. The molecule has 1 aliphatic carbocycles. The Balaban J connectivity index is 1.61. The van der Waals surface area contributed by atoms with Gasteiger partial charge in [0.15, 0.2) is 6.10 Å². The molecule has 1 saturated carbocycles. The van der Waals surface area contributed by atoms with Crippen LogP contribution in [0.3, 0.4) is 0 Å². The van der Waals surface area contributed by atoms with E-state index in [1.165, 1.54) is 0 Å². The molecule has 1 aliphatic heterocycles. The summed E-state index contributed by atoms with van der Waals surface area (Å²) in [6.45, 7) is 7.98. The molecule has 0 aromatic heterocycles. The number of fused-ring (bicyclic) bond motifs is 1. The lowest BCUT2D eigenvalue weighted by atomic mass is 9.76. The number of benzene rings is 1. The summed E-state index contributed by atoms with van der Waals surface area (Å²) < 4.78 is 11.1. The van der Waals surface area contributed by atoms with Gasteiger partial charge in [0.2, 0.25) is 0 Å². The molecule has 1 saturated heterocycles. The van der Waals surface area contributed by atoms with Crippen LogP contribution in [-0.2, 0) is 14.3 Å². The first-order chi connectivity index (χ1) is 11.3. The van der Waals surface area contributed by atoms with Crippen LogP contribution in [0.5, 0.6) is 5.75 Å². The van der Waals surface area contributed by atoms with E-state index in [1.807, 2.05) is 13.0 Å². The molecule has 0 bridgehead atoms. The molecule has 2 aliphatic rings. The van der Waals surface area contributed by atoms with Crippen molar-refractivity contribution in [3.63, 3.8) is 0 Å². The van der Waals surface area contributed by atoms with Crippen molar-refractivity contribution in [1.82, 2.24) is 5.32 Å². The highest BCUT2D eigenvalue weighted by Gasteiger charge is 2.50. The van der Waals surface area contributed by atoms with Crippen molar-refractivity contribution in [1.29, 1.82) is 0 Å². The van der Waals surface area contributed by atoms with Gasteiger partial charge in [-0.1, -0.05) is 26.0 Å². The highest BCUT2D eigenvalue weighted by molar-refractivity contribution is 5.81. The van der Waals surface area contributed by atoms with Crippen LogP contribution in [-0.4, -0.2) is 30.1 Å². The van der Waals surface area contributed by atoms with Crippen molar-refractivity contribution >= 4 is 11.9 Å². The van der Waals surface area contributed by atoms with Gasteiger partial charge in [0, 0.05) is 18.4 Å². The van der Waals surface area contributed by atoms with Crippen molar-refractivity contribution < 1.29 is 19.1 Å². The Labute approximate surface area is 142 Å². The number of hydrogen-bond acceptors (Lipinski definition) is 4. The topological polar surface area (TPSA) is 64.6 Å². The van der Waals surface area contributed by atoms with Gasteiger partial charge < -0.3 is 14.8 Å². The molecule has 130 valence electrons. The maximum Gasteiger partial charge on any atom is 0.306 e. The van der Waals surface area contributed by atoms with Gasteiger partial charge in [-0.3, -0.25) is 9.59 Å². The molecular formula is C19H25NO4. The fraction of sp³-hybridized carbons (Fsp3) is 0.579. The number of aryl methyl sites for hydroxylation is 1. The SMILES string of the molecule is Cc1ccc(C(C)C)c(OC(C)C(=O)N[C@@H]2C[C@H]3OC(=O)C[C@@H]23)c1. The van der Waals surface area contributed by atoms with Gasteiger partial charge in [-0.25, -0.2) is 0 Å². The van der Waals surface area contributed by atoms with Crippen LogP contribution in [0.1, 0.15) is 50.7 Å². The minimum Gasteiger partial charge on any atom is -0.481 e. The normalized spacial score (nSPS) is 26.4. The molecule has 1 heterocycles. The van der Waals surface area contributed by atoms with Crippen LogP contribution in [0.25, 0.3) is 0 Å². The summed E-state index contributed by atoms with van der Waals surface area (Å²) in [7, 11) is 0. The van der Waals surface area contributed by atoms with Crippen LogP contribution in [0, 0.1) is 12.8 Å². The van der Waals surface area contributed by atoms with E-state index < -0.39 is 6.10 Å². The molecule has 1 amide bonds. The second kappa shape index (κ2) is 6.46. The zero-order valence-electron chi connectivity index (χ0n) is 14.7. The largest absolute Gasteiger partial charge is 0.481 e. The van der Waals surface area contributed by atoms with E-state index in [0.29, 0.717) is 18.8 Å². The van der Waals surface area contributed by atoms with Crippen LogP contribution >= 0.6 is 0 Å². The van der Waals surface area contributed by atoms with E-state index in [9.17, 15) is 9.59 Å². The standard InChI is InChI=1S/C19H25NO4/c1-10(2)13-6-5-11(3)7-16(13)23-12(4)19(22)20-15-9-17-14(15)8-18(21)24-17/h5-7,10,12,14-15,17H,8-9H2,1-4H3,(H,20,22)/t12?,14-,15+,17+/m0/s1. The average Bonchev–Trinajstić information content (AvgIpc) is 2.79. The van der Waals surface area contributed by atoms with E-state index in [4.69, 9.17) is 9.47 Å². The molecule has 5 heteroatoms. The van der Waals surface area contributed by atoms with E-state index in [-0.39, 0.29) is 29.9 Å². The van der Waals surface area contributed by atoms with Gasteiger partial charge in [-0.2, -0.15) is 0 Å². The Hall–Kier alpha value is -2.04. The summed E-state index contributed by atoms with van der Waals surface area (Å²) in [4.78, 5) is 23.7. The lowest BCUT2D eigenvalue weighted by Crippen LogP contribution is -2.55. The summed E-state index contributed by atoms with van der Waals surface area (Å²) in [6.07, 6.45) is 0.515. The zero-order valence-corrected chi connectivity index (χ0v) is 14.7. The summed E-state index contributed by atoms with van der Waals surface area (Å²) in [5.74, 6) is 0.906. The zero-order chi connectivity index (χ0) is 17.4. The maximum absolute atomic E-state index is 12.4. The lowest BCUT2D eigenvalue weighted by Gasteiger charge is -2.38. The van der Waals surface area contributed by atoms with Gasteiger partial charge in [0.25, 0.3) is 5.91 Å². The van der Waals surface area contributed by atoms with Gasteiger partial charge >= 0.3 is 5.97 Å². The molecule has 5 nitrogen and oxygen atoms in total. The van der Waals surface area contributed by atoms with Crippen LogP contribution in [0.15, 0.2) is 18.2 Å². The summed E-state index contributed by atoms with van der Waals surface area (Å²) in [6, 6.07) is 6.10. The first kappa shape index (κ1) is 16.8. The van der Waals surface area contributed by atoms with Gasteiger partial charge in [0.05, 0.1) is 6.42 Å². The van der Waals surface area contributed by atoms with E-state index in [2.05, 4.69) is 31.3 Å². The second-order valence-corrected chi connectivity index (χ2v) is 7.20. The van der Waals surface area contributed by atoms with Crippen molar-refractivity contribution in [3.8, 4) is 5.75 Å². The smallest absolute Gasteiger partial charge is 0.306 e. The third-order valence-corrected chi connectivity index (χ3v) is 4.96. The van der Waals surface area contributed by atoms with Crippen molar-refractivity contribution in [2.45, 2.75) is 64.7 Å². The Morgan fingerprint density at radius 1 is 1.33 bits per heavy atom. The summed E-state index contributed by atoms with van der Waals surface area (Å²) in [5.41, 5.74) is 2.20. The molecule has 1 N–H and O–H groups in total. The molecular weight excluding hydrogens is 306 g/mol. The number of carbonyl (C=O) groups is 2. The number of rotatable bonds is 5. The molecule has 1 unspecified atom stereocenters. The van der Waals surface area contributed by atoms with E-state index >= 15 is 0 Å². The Bertz CT molecular complexity index is 655. The molecule has 4 atom stereocenters. The predicted octanol–water partition coefficient (Wildman–Crippen LogP) is 2.71. The Kier molecular flexibility index (Phi) is 4.52. The first-order valence-corrected chi connectivity index (χ1v) is 8.62. The predicted molar refractivity (Wildman–Crippen MR) is 89.9 cm³/mol. The average molecular weight is 331 g/mol. The number of ether oxygens (including phenoxy) is 2. The van der Waals surface area contributed by atoms with E-state index in [0.717, 1.165) is 16.9 Å². The summed E-state index contributed by atoms with van der Waals surface area (Å²) in [5, 5.41) is 3.00. The summed E-state index contributed by atoms with van der Waals surface area (Å²) >= 11 is 0. The number of carbonyl (C=O) groups excluding carboxylic acids is 2. The fourth-order valence-electron chi connectivity index (χ4n) is 3.41. The van der Waals surface area contributed by atoms with Crippen LogP contribution in [0.4, 0.5) is 0 Å². The minimum atomic E-state index is -0.582. The Morgan fingerprint density at radius 2 is 2.08 bits per heavy atom. The fourth-order valence-corrected chi connectivity index (χ4v) is 3.41. The third kappa shape index (κ3) is 3.25. The third-order valence-electron chi connectivity index (χ3n) is 4.96. The van der Waals surface area contributed by atoms with Crippen LogP contribution < -0.4 is 10.1 Å². The van der Waals surface area contributed by atoms with E-state index in [1.54, 1.807) is 6.92 Å². The number of nitrogens with one attached hydrogen (secondary N) is 1. The number of esters is 1. The Morgan fingerprint density at radius 3 is 2.75 bits per heavy atom. The van der Waals surface area contributed by atoms with Crippen LogP contribution in [0.2, 0.25) is 0 Å². The molecule has 2 fully saturated rings. The highest BCUT2D eigenvalue weighted by atomic mass is 16.6. The molecule has 3 rings (SSSR count). The molecule has 1 aromatic rings. The quantitative estimate of drug-likeness (QED) is 0.843. The maximum atomic E-state index is 12.4. The van der Waals surface area contributed by atoms with Gasteiger partial charge in [0.1, 0.15) is 11.9 Å². The molecule has 0 spiro atoms. The number of hydrogen-bond donors (Lipinski definition) is 1. The van der Waals surface area contributed by atoms with Gasteiger partial charge in [-0.15, -0.1) is 0 Å². The minimum absolute atomic E-state index is 0.0108. The highest BCUT2D eigenvalue weighted by Crippen LogP contribution is 2.39. The first-order valence-electron chi connectivity index (χ1n) is 8.62. The molecule has 24 heavy (non-hydrogen) atoms. The van der Waals surface area contributed by atoms with Crippen molar-refractivity contribution in [2.75, 3.05) is 0 Å².